The van der Waals surface area contributed by atoms with Crippen molar-refractivity contribution in [3.63, 3.8) is 0 Å². The predicted octanol–water partition coefficient (Wildman–Crippen LogP) is 4.55. The van der Waals surface area contributed by atoms with Crippen LogP contribution in [0.3, 0.4) is 0 Å². The lowest BCUT2D eigenvalue weighted by Gasteiger charge is -2.48. The molecule has 0 bridgehead atoms. The molecule has 1 rings (SSSR count). The smallest absolute Gasteiger partial charge is 0.352 e. The maximum atomic E-state index is 6.97. The van der Waals surface area contributed by atoms with Gasteiger partial charge in [0.1, 0.15) is 0 Å². The zero-order valence-electron chi connectivity index (χ0n) is 19.7. The highest BCUT2D eigenvalue weighted by Crippen LogP contribution is 2.37. The van der Waals surface area contributed by atoms with Crippen LogP contribution < -0.4 is 0 Å². The molecule has 1 saturated heterocycles. The van der Waals surface area contributed by atoms with Crippen molar-refractivity contribution in [1.29, 1.82) is 0 Å². The average molecular weight is 453 g/mol. The summed E-state index contributed by atoms with van der Waals surface area (Å²) < 4.78 is 33.7. The second-order valence-corrected chi connectivity index (χ2v) is 23.8. The summed E-state index contributed by atoms with van der Waals surface area (Å²) in [6, 6.07) is 0. The number of rotatable bonds is 6. The van der Waals surface area contributed by atoms with Gasteiger partial charge in [0.05, 0.1) is 11.3 Å². The van der Waals surface area contributed by atoms with Crippen molar-refractivity contribution in [1.82, 2.24) is 0 Å². The van der Waals surface area contributed by atoms with E-state index < -0.39 is 36.4 Å². The summed E-state index contributed by atoms with van der Waals surface area (Å²) in [5, 5.41) is 0. The Morgan fingerprint density at radius 3 is 1.30 bits per heavy atom. The third-order valence-corrected chi connectivity index (χ3v) is 19.9. The fourth-order valence-electron chi connectivity index (χ4n) is 3.19. The summed E-state index contributed by atoms with van der Waals surface area (Å²) in [5.74, 6) is 0. The van der Waals surface area contributed by atoms with E-state index in [9.17, 15) is 0 Å². The fraction of sp³-hybridized carbons (Fsp3) is 1.00. The Morgan fingerprint density at radius 1 is 0.667 bits per heavy atom. The SMILES string of the molecule is CC(C)[SiH]1O[SiH](C(C)C)O[Si](C(C)C)(C(C)OC(C)(C)C)O[SiH](C(C)C)O1. The molecule has 1 fully saturated rings. The standard InChI is InChI=1S/C18H44O5Si4/c1-13(2)24-20-25(14(3)4)22-27(16(7)8,17(9)19-18(10,11)12)23-26(21-24)15(5)6/h13-17,24-26H,1-12H3. The van der Waals surface area contributed by atoms with E-state index in [0.29, 0.717) is 16.6 Å². The molecule has 3 unspecified atom stereocenters. The van der Waals surface area contributed by atoms with E-state index in [1.165, 1.54) is 0 Å². The molecule has 0 aromatic heterocycles. The lowest BCUT2D eigenvalue weighted by Crippen LogP contribution is -2.65. The van der Waals surface area contributed by atoms with E-state index in [4.69, 9.17) is 21.2 Å². The van der Waals surface area contributed by atoms with Gasteiger partial charge in [0.2, 0.25) is 0 Å². The van der Waals surface area contributed by atoms with Crippen LogP contribution in [0.1, 0.15) is 83.1 Å². The minimum Gasteiger partial charge on any atom is -0.420 e. The summed E-state index contributed by atoms with van der Waals surface area (Å²) in [6.45, 7) is 26.1. The molecule has 0 amide bonds. The lowest BCUT2D eigenvalue weighted by molar-refractivity contribution is -0.0354. The first kappa shape index (κ1) is 25.7. The normalized spacial score (nSPS) is 32.2. The Morgan fingerprint density at radius 2 is 1.04 bits per heavy atom. The molecule has 0 N–H and O–H groups in total. The van der Waals surface area contributed by atoms with Crippen LogP contribution in [0.25, 0.3) is 0 Å². The van der Waals surface area contributed by atoms with E-state index in [0.717, 1.165) is 0 Å². The summed E-state index contributed by atoms with van der Waals surface area (Å²) in [4.78, 5) is 0. The molecular weight excluding hydrogens is 409 g/mol. The zero-order chi connectivity index (χ0) is 21.2. The molecule has 5 nitrogen and oxygen atoms in total. The summed E-state index contributed by atoms with van der Waals surface area (Å²) in [6.07, 6.45) is 0. The Bertz CT molecular complexity index is 434. The maximum absolute atomic E-state index is 6.97. The molecule has 0 radical (unpaired) electrons. The number of hydrogen-bond acceptors (Lipinski definition) is 5. The minimum absolute atomic E-state index is 0.0792. The average Bonchev–Trinajstić information content (AvgIpc) is 2.43. The molecule has 0 aliphatic carbocycles. The first-order valence-electron chi connectivity index (χ1n) is 10.5. The largest absolute Gasteiger partial charge is 0.420 e. The van der Waals surface area contributed by atoms with Crippen molar-refractivity contribution >= 4 is 36.4 Å². The van der Waals surface area contributed by atoms with E-state index in [2.05, 4.69) is 83.1 Å². The van der Waals surface area contributed by atoms with Gasteiger partial charge in [0, 0.05) is 0 Å². The Labute approximate surface area is 174 Å². The van der Waals surface area contributed by atoms with Crippen LogP contribution in [0, 0.1) is 0 Å². The third-order valence-electron chi connectivity index (χ3n) is 4.67. The second-order valence-electron chi connectivity index (χ2n) is 10.1. The van der Waals surface area contributed by atoms with E-state index in [1.807, 2.05) is 0 Å². The predicted molar refractivity (Wildman–Crippen MR) is 122 cm³/mol. The molecule has 1 aliphatic heterocycles. The van der Waals surface area contributed by atoms with Crippen LogP contribution in [0.4, 0.5) is 0 Å². The quantitative estimate of drug-likeness (QED) is 0.553. The van der Waals surface area contributed by atoms with Crippen molar-refractivity contribution in [3.05, 3.63) is 0 Å². The topological polar surface area (TPSA) is 46.2 Å². The van der Waals surface area contributed by atoms with Gasteiger partial charge < -0.3 is 21.2 Å². The third kappa shape index (κ3) is 7.14. The minimum atomic E-state index is -2.70. The molecular formula is C18H44O5Si4. The highest BCUT2D eigenvalue weighted by Gasteiger charge is 2.55. The van der Waals surface area contributed by atoms with E-state index in [1.54, 1.807) is 0 Å². The van der Waals surface area contributed by atoms with Crippen molar-refractivity contribution in [2.75, 3.05) is 0 Å². The van der Waals surface area contributed by atoms with Crippen LogP contribution in [-0.4, -0.2) is 47.7 Å². The monoisotopic (exact) mass is 452 g/mol. The van der Waals surface area contributed by atoms with Crippen LogP contribution >= 0.6 is 0 Å². The summed E-state index contributed by atoms with van der Waals surface area (Å²) in [7, 11) is -8.38. The van der Waals surface area contributed by atoms with Gasteiger partial charge >= 0.3 is 36.4 Å². The van der Waals surface area contributed by atoms with Gasteiger partial charge in [-0.3, -0.25) is 0 Å². The Kier molecular flexibility index (Phi) is 9.63. The van der Waals surface area contributed by atoms with Crippen LogP contribution in [0.15, 0.2) is 0 Å². The molecule has 0 aromatic carbocycles. The number of hydrogen-bond donors (Lipinski definition) is 0. The molecule has 9 heteroatoms. The molecule has 1 heterocycles. The summed E-state index contributed by atoms with van der Waals surface area (Å²) in [5.41, 5.74) is 1.10. The van der Waals surface area contributed by atoms with Crippen molar-refractivity contribution < 1.29 is 21.2 Å². The van der Waals surface area contributed by atoms with E-state index in [-0.39, 0.29) is 16.9 Å². The van der Waals surface area contributed by atoms with Crippen molar-refractivity contribution in [2.24, 2.45) is 0 Å². The molecule has 0 spiro atoms. The van der Waals surface area contributed by atoms with Gasteiger partial charge in [-0.2, -0.15) is 0 Å². The number of ether oxygens (including phenoxy) is 1. The molecule has 162 valence electrons. The zero-order valence-corrected chi connectivity index (χ0v) is 24.1. The molecule has 27 heavy (non-hydrogen) atoms. The first-order valence-corrected chi connectivity index (χ1v) is 17.3. The van der Waals surface area contributed by atoms with Gasteiger partial charge in [0.15, 0.2) is 0 Å². The molecule has 0 aromatic rings. The van der Waals surface area contributed by atoms with Crippen LogP contribution in [-0.2, 0) is 21.2 Å². The van der Waals surface area contributed by atoms with Crippen LogP contribution in [0.2, 0.25) is 22.2 Å². The Hall–Kier alpha value is 0.668. The van der Waals surface area contributed by atoms with Crippen molar-refractivity contribution in [2.45, 2.75) is 117 Å². The lowest BCUT2D eigenvalue weighted by atomic mass is 10.2. The van der Waals surface area contributed by atoms with Gasteiger partial charge in [0.25, 0.3) is 0 Å². The van der Waals surface area contributed by atoms with Gasteiger partial charge in [-0.15, -0.1) is 0 Å². The molecule has 0 saturated carbocycles. The van der Waals surface area contributed by atoms with Crippen LogP contribution in [0.5, 0.6) is 0 Å². The van der Waals surface area contributed by atoms with Gasteiger partial charge in [-0.1, -0.05) is 55.4 Å². The fourth-order valence-corrected chi connectivity index (χ4v) is 23.6. The molecule has 1 aliphatic rings. The van der Waals surface area contributed by atoms with Crippen molar-refractivity contribution in [3.8, 4) is 0 Å². The highest BCUT2D eigenvalue weighted by molar-refractivity contribution is 6.84. The Balaban J connectivity index is 3.36. The second kappa shape index (κ2) is 10.1. The summed E-state index contributed by atoms with van der Waals surface area (Å²) >= 11 is 0. The highest BCUT2D eigenvalue weighted by atomic mass is 28.5. The van der Waals surface area contributed by atoms with Gasteiger partial charge in [-0.05, 0) is 49.9 Å². The molecule has 3 atom stereocenters. The first-order chi connectivity index (χ1) is 12.2. The van der Waals surface area contributed by atoms with E-state index >= 15 is 0 Å². The maximum Gasteiger partial charge on any atom is 0.352 e. The van der Waals surface area contributed by atoms with Gasteiger partial charge in [-0.25, -0.2) is 0 Å².